The molecule has 124 valence electrons. The van der Waals surface area contributed by atoms with Crippen molar-refractivity contribution in [3.8, 4) is 5.75 Å². The summed E-state index contributed by atoms with van der Waals surface area (Å²) < 4.78 is 5.15. The smallest absolute Gasteiger partial charge is 0.287 e. The maximum Gasteiger partial charge on any atom is 0.287 e. The number of pyridine rings is 1. The number of phenolic OH excluding ortho intramolecular Hbond substituents is 1. The molecule has 0 saturated heterocycles. The van der Waals surface area contributed by atoms with Crippen LogP contribution in [0.3, 0.4) is 0 Å². The highest BCUT2D eigenvalue weighted by atomic mass is 16.3. The number of aromatic hydroxyl groups is 1. The van der Waals surface area contributed by atoms with Gasteiger partial charge in [-0.15, -0.1) is 0 Å². The van der Waals surface area contributed by atoms with Crippen LogP contribution in [0.25, 0.3) is 10.9 Å². The second kappa shape index (κ2) is 6.74. The summed E-state index contributed by atoms with van der Waals surface area (Å²) in [4.78, 5) is 16.6. The molecule has 1 unspecified atom stereocenters. The maximum absolute atomic E-state index is 12.3. The van der Waals surface area contributed by atoms with Gasteiger partial charge >= 0.3 is 0 Å². The lowest BCUT2D eigenvalue weighted by Gasteiger charge is -2.22. The molecule has 5 heteroatoms. The minimum atomic E-state index is -0.325. The number of furan rings is 1. The number of carbonyl (C=O) groups is 1. The number of hydrogen-bond donors (Lipinski definition) is 2. The monoisotopic (exact) mass is 324 g/mol. The molecule has 0 fully saturated rings. The van der Waals surface area contributed by atoms with Crippen molar-refractivity contribution < 1.29 is 14.3 Å². The third-order valence-corrected chi connectivity index (χ3v) is 3.91. The molecule has 0 aliphatic carbocycles. The number of nitrogens with one attached hydrogen (secondary N) is 1. The molecule has 1 atom stereocenters. The summed E-state index contributed by atoms with van der Waals surface area (Å²) >= 11 is 0. The number of carbonyl (C=O) groups excluding carboxylic acids is 1. The number of amides is 1. The normalized spacial score (nSPS) is 12.5. The quantitative estimate of drug-likeness (QED) is 0.742. The van der Waals surface area contributed by atoms with Crippen molar-refractivity contribution in [3.63, 3.8) is 0 Å². The average Bonchev–Trinajstić information content (AvgIpc) is 3.09. The number of aromatic nitrogens is 1. The first-order valence-corrected chi connectivity index (χ1v) is 7.97. The van der Waals surface area contributed by atoms with E-state index in [1.54, 1.807) is 18.3 Å². The van der Waals surface area contributed by atoms with Crippen LogP contribution in [0.15, 0.2) is 53.3 Å². The van der Waals surface area contributed by atoms with Gasteiger partial charge in [-0.1, -0.05) is 32.0 Å². The number of fused-ring (bicyclic) bond motifs is 1. The Kier molecular flexibility index (Phi) is 4.51. The first-order valence-electron chi connectivity index (χ1n) is 7.97. The van der Waals surface area contributed by atoms with Crippen LogP contribution in [0.1, 0.15) is 42.4 Å². The van der Waals surface area contributed by atoms with Gasteiger partial charge in [0.15, 0.2) is 5.76 Å². The zero-order valence-corrected chi connectivity index (χ0v) is 13.7. The third kappa shape index (κ3) is 3.25. The number of benzene rings is 1. The van der Waals surface area contributed by atoms with E-state index in [1.165, 1.54) is 6.26 Å². The third-order valence-electron chi connectivity index (χ3n) is 3.91. The van der Waals surface area contributed by atoms with E-state index in [1.807, 2.05) is 24.3 Å². The van der Waals surface area contributed by atoms with Gasteiger partial charge in [0.1, 0.15) is 11.3 Å². The highest BCUT2D eigenvalue weighted by Gasteiger charge is 2.22. The summed E-state index contributed by atoms with van der Waals surface area (Å²) in [5.74, 6) is 0.401. The van der Waals surface area contributed by atoms with Crippen molar-refractivity contribution in [1.82, 2.24) is 10.3 Å². The number of rotatable bonds is 5. The molecule has 1 amide bonds. The van der Waals surface area contributed by atoms with Gasteiger partial charge in [-0.05, 0) is 30.5 Å². The van der Waals surface area contributed by atoms with E-state index in [0.29, 0.717) is 23.4 Å². The molecule has 0 aliphatic heterocycles. The van der Waals surface area contributed by atoms with Gasteiger partial charge in [-0.25, -0.2) is 0 Å². The zero-order chi connectivity index (χ0) is 17.1. The van der Waals surface area contributed by atoms with Gasteiger partial charge in [0.05, 0.1) is 12.3 Å². The lowest BCUT2D eigenvalue weighted by molar-refractivity contribution is 0.0903. The van der Waals surface area contributed by atoms with Crippen LogP contribution in [-0.2, 0) is 0 Å². The molecule has 5 nitrogen and oxygen atoms in total. The van der Waals surface area contributed by atoms with E-state index in [9.17, 15) is 9.90 Å². The predicted molar refractivity (Wildman–Crippen MR) is 91.8 cm³/mol. The second-order valence-corrected chi connectivity index (χ2v) is 6.21. The molecule has 0 spiro atoms. The van der Waals surface area contributed by atoms with Gasteiger partial charge in [-0.2, -0.15) is 0 Å². The largest absolute Gasteiger partial charge is 0.505 e. The van der Waals surface area contributed by atoms with Gasteiger partial charge in [0, 0.05) is 17.1 Å². The number of nitrogens with zero attached hydrogens (tertiary/aromatic N) is 1. The number of hydrogen-bond acceptors (Lipinski definition) is 4. The topological polar surface area (TPSA) is 75.4 Å². The fourth-order valence-corrected chi connectivity index (χ4v) is 2.80. The fourth-order valence-electron chi connectivity index (χ4n) is 2.80. The van der Waals surface area contributed by atoms with Crippen LogP contribution in [-0.4, -0.2) is 16.0 Å². The van der Waals surface area contributed by atoms with E-state index in [0.717, 1.165) is 5.39 Å². The average molecular weight is 324 g/mol. The summed E-state index contributed by atoms with van der Waals surface area (Å²) in [5, 5.41) is 14.5. The standard InChI is InChI=1S/C19H20N2O3/c1-12(2)11-15(21-19(23)16-6-4-10-24-16)14-8-7-13-5-3-9-20-17(13)18(14)22/h3-10,12,15,22H,11H2,1-2H3,(H,21,23). The summed E-state index contributed by atoms with van der Waals surface area (Å²) in [6.45, 7) is 4.14. The second-order valence-electron chi connectivity index (χ2n) is 6.21. The molecule has 24 heavy (non-hydrogen) atoms. The summed E-state index contributed by atoms with van der Waals surface area (Å²) in [5.41, 5.74) is 1.20. The first kappa shape index (κ1) is 16.1. The lowest BCUT2D eigenvalue weighted by Crippen LogP contribution is -2.29. The maximum atomic E-state index is 12.3. The Balaban J connectivity index is 1.96. The molecular weight excluding hydrogens is 304 g/mol. The van der Waals surface area contributed by atoms with E-state index in [4.69, 9.17) is 4.42 Å². The highest BCUT2D eigenvalue weighted by molar-refractivity contribution is 5.92. The molecule has 1 aromatic carbocycles. The minimum Gasteiger partial charge on any atom is -0.505 e. The molecule has 2 heterocycles. The van der Waals surface area contributed by atoms with Crippen molar-refractivity contribution in [3.05, 3.63) is 60.2 Å². The van der Waals surface area contributed by atoms with Gasteiger partial charge in [-0.3, -0.25) is 9.78 Å². The molecule has 0 saturated carbocycles. The Bertz CT molecular complexity index is 841. The Morgan fingerprint density at radius 2 is 2.08 bits per heavy atom. The van der Waals surface area contributed by atoms with Crippen LogP contribution >= 0.6 is 0 Å². The molecule has 0 bridgehead atoms. The van der Waals surface area contributed by atoms with E-state index in [2.05, 4.69) is 24.1 Å². The molecule has 0 radical (unpaired) electrons. The SMILES string of the molecule is CC(C)CC(NC(=O)c1ccco1)c1ccc2cccnc2c1O. The van der Waals surface area contributed by atoms with Crippen LogP contribution < -0.4 is 5.32 Å². The molecule has 2 aromatic heterocycles. The molecule has 2 N–H and O–H groups in total. The zero-order valence-electron chi connectivity index (χ0n) is 13.7. The van der Waals surface area contributed by atoms with Crippen molar-refractivity contribution in [1.29, 1.82) is 0 Å². The van der Waals surface area contributed by atoms with E-state index < -0.39 is 0 Å². The van der Waals surface area contributed by atoms with Gasteiger partial charge < -0.3 is 14.8 Å². The predicted octanol–water partition coefficient (Wildman–Crippen LogP) is 4.05. The van der Waals surface area contributed by atoms with E-state index >= 15 is 0 Å². The fraction of sp³-hybridized carbons (Fsp3) is 0.263. The van der Waals surface area contributed by atoms with Crippen molar-refractivity contribution in [2.75, 3.05) is 0 Å². The van der Waals surface area contributed by atoms with Crippen molar-refractivity contribution >= 4 is 16.8 Å². The Morgan fingerprint density at radius 1 is 1.25 bits per heavy atom. The van der Waals surface area contributed by atoms with Crippen LogP contribution in [0, 0.1) is 5.92 Å². The van der Waals surface area contributed by atoms with Crippen LogP contribution in [0.2, 0.25) is 0 Å². The van der Waals surface area contributed by atoms with Crippen molar-refractivity contribution in [2.45, 2.75) is 26.3 Å². The Morgan fingerprint density at radius 3 is 2.79 bits per heavy atom. The minimum absolute atomic E-state index is 0.110. The summed E-state index contributed by atoms with van der Waals surface area (Å²) in [7, 11) is 0. The lowest BCUT2D eigenvalue weighted by atomic mass is 9.95. The summed E-state index contributed by atoms with van der Waals surface area (Å²) in [6, 6.07) is 10.4. The van der Waals surface area contributed by atoms with E-state index in [-0.39, 0.29) is 23.5 Å². The molecular formula is C19H20N2O3. The van der Waals surface area contributed by atoms with Gasteiger partial charge in [0.2, 0.25) is 0 Å². The van der Waals surface area contributed by atoms with Gasteiger partial charge in [0.25, 0.3) is 5.91 Å². The molecule has 3 aromatic rings. The van der Waals surface area contributed by atoms with Crippen LogP contribution in [0.4, 0.5) is 0 Å². The Labute approximate surface area is 140 Å². The number of phenols is 1. The highest BCUT2D eigenvalue weighted by Crippen LogP contribution is 2.34. The molecule has 0 aliphatic rings. The van der Waals surface area contributed by atoms with Crippen molar-refractivity contribution in [2.24, 2.45) is 5.92 Å². The molecule has 3 rings (SSSR count). The first-order chi connectivity index (χ1) is 11.6. The summed E-state index contributed by atoms with van der Waals surface area (Å²) in [6.07, 6.45) is 3.80. The Hall–Kier alpha value is -2.82. The van der Waals surface area contributed by atoms with Crippen LogP contribution in [0.5, 0.6) is 5.75 Å².